The summed E-state index contributed by atoms with van der Waals surface area (Å²) in [6, 6.07) is 111. The van der Waals surface area contributed by atoms with Crippen molar-refractivity contribution in [2.45, 2.75) is 0 Å². The molecular formula is C74H49NSi. The molecule has 0 unspecified atom stereocenters. The summed E-state index contributed by atoms with van der Waals surface area (Å²) < 4.78 is 2.53. The van der Waals surface area contributed by atoms with Crippen LogP contribution in [0.25, 0.3) is 116 Å². The smallest absolute Gasteiger partial charge is 0.180 e. The Labute approximate surface area is 443 Å². The summed E-state index contributed by atoms with van der Waals surface area (Å²) in [4.78, 5) is 0. The van der Waals surface area contributed by atoms with Crippen molar-refractivity contribution in [1.29, 1.82) is 0 Å². The van der Waals surface area contributed by atoms with E-state index in [1.54, 1.807) is 0 Å². The summed E-state index contributed by atoms with van der Waals surface area (Å²) in [7, 11) is -2.88. The van der Waals surface area contributed by atoms with Crippen LogP contribution in [0.1, 0.15) is 0 Å². The number of benzene rings is 13. The second-order valence-corrected chi connectivity index (χ2v) is 24.1. The van der Waals surface area contributed by atoms with Crippen LogP contribution in [0.3, 0.4) is 0 Å². The van der Waals surface area contributed by atoms with E-state index in [2.05, 4.69) is 302 Å². The maximum absolute atomic E-state index is 2.88. The summed E-state index contributed by atoms with van der Waals surface area (Å²) in [6.07, 6.45) is 0. The highest BCUT2D eigenvalue weighted by Crippen LogP contribution is 2.41. The van der Waals surface area contributed by atoms with Gasteiger partial charge in [-0.1, -0.05) is 261 Å². The van der Waals surface area contributed by atoms with Crippen LogP contribution < -0.4 is 20.7 Å². The number of fused-ring (bicyclic) bond motifs is 8. The Morgan fingerprint density at radius 1 is 0.224 bits per heavy atom. The van der Waals surface area contributed by atoms with Gasteiger partial charge in [0.05, 0.1) is 11.0 Å². The molecule has 76 heavy (non-hydrogen) atoms. The van der Waals surface area contributed by atoms with Crippen molar-refractivity contribution in [3.63, 3.8) is 0 Å². The average Bonchev–Trinajstić information content (AvgIpc) is 4.04. The minimum Gasteiger partial charge on any atom is -0.309 e. The van der Waals surface area contributed by atoms with Crippen molar-refractivity contribution in [3.8, 4) is 72.4 Å². The van der Waals surface area contributed by atoms with Gasteiger partial charge in [0.1, 0.15) is 0 Å². The quantitative estimate of drug-likeness (QED) is 0.134. The highest BCUT2D eigenvalue weighted by Gasteiger charge is 2.49. The predicted molar refractivity (Wildman–Crippen MR) is 326 cm³/mol. The third-order valence-corrected chi connectivity index (χ3v) is 21.1. The summed E-state index contributed by atoms with van der Waals surface area (Å²) in [6.45, 7) is 0. The van der Waals surface area contributed by atoms with Crippen molar-refractivity contribution >= 4 is 72.2 Å². The molecule has 0 radical (unpaired) electrons. The van der Waals surface area contributed by atoms with Gasteiger partial charge in [0.2, 0.25) is 0 Å². The molecule has 1 aliphatic heterocycles. The van der Waals surface area contributed by atoms with Gasteiger partial charge in [-0.05, 0) is 145 Å². The molecule has 2 heterocycles. The number of hydrogen-bond acceptors (Lipinski definition) is 0. The van der Waals surface area contributed by atoms with E-state index < -0.39 is 8.07 Å². The summed E-state index contributed by atoms with van der Waals surface area (Å²) >= 11 is 0. The zero-order valence-corrected chi connectivity index (χ0v) is 42.7. The third-order valence-electron chi connectivity index (χ3n) is 16.3. The molecule has 354 valence electrons. The van der Waals surface area contributed by atoms with E-state index in [1.807, 2.05) is 0 Å². The molecule has 1 nitrogen and oxygen atoms in total. The fourth-order valence-corrected chi connectivity index (χ4v) is 18.0. The second-order valence-electron chi connectivity index (χ2n) is 20.3. The van der Waals surface area contributed by atoms with Gasteiger partial charge in [-0.3, -0.25) is 0 Å². The molecule has 14 aromatic rings. The highest BCUT2D eigenvalue weighted by molar-refractivity contribution is 7.22. The Kier molecular flexibility index (Phi) is 10.3. The van der Waals surface area contributed by atoms with Crippen LogP contribution in [0.2, 0.25) is 0 Å². The van der Waals surface area contributed by atoms with E-state index >= 15 is 0 Å². The van der Waals surface area contributed by atoms with E-state index in [1.165, 1.54) is 131 Å². The molecule has 0 atom stereocenters. The Bertz CT molecular complexity index is 4310. The van der Waals surface area contributed by atoms with E-state index in [0.29, 0.717) is 0 Å². The Morgan fingerprint density at radius 2 is 0.605 bits per heavy atom. The zero-order chi connectivity index (χ0) is 50.2. The van der Waals surface area contributed by atoms with Crippen molar-refractivity contribution in [1.82, 2.24) is 4.57 Å². The Hall–Kier alpha value is -9.60. The molecule has 1 aromatic heterocycles. The van der Waals surface area contributed by atoms with Crippen LogP contribution in [-0.4, -0.2) is 12.6 Å². The molecule has 0 fully saturated rings. The normalized spacial score (nSPS) is 12.6. The first-order chi connectivity index (χ1) is 37.7. The maximum atomic E-state index is 2.56. The molecule has 0 saturated heterocycles. The minimum absolute atomic E-state index is 1.16. The monoisotopic (exact) mass is 979 g/mol. The van der Waals surface area contributed by atoms with Gasteiger partial charge in [-0.15, -0.1) is 0 Å². The number of nitrogens with zero attached hydrogens (tertiary/aromatic N) is 1. The van der Waals surface area contributed by atoms with Crippen molar-refractivity contribution < 1.29 is 0 Å². The lowest BCUT2D eigenvalue weighted by Crippen LogP contribution is -2.72. The molecule has 0 amide bonds. The fourth-order valence-electron chi connectivity index (χ4n) is 12.7. The third kappa shape index (κ3) is 6.99. The second kappa shape index (κ2) is 17.8. The summed E-state index contributed by atoms with van der Waals surface area (Å²) in [5, 5.41) is 13.1. The first-order valence-electron chi connectivity index (χ1n) is 26.4. The van der Waals surface area contributed by atoms with Gasteiger partial charge < -0.3 is 4.57 Å². The van der Waals surface area contributed by atoms with Crippen LogP contribution in [0.4, 0.5) is 0 Å². The molecule has 13 aromatic carbocycles. The van der Waals surface area contributed by atoms with Crippen LogP contribution in [0, 0.1) is 0 Å². The molecule has 1 aliphatic rings. The largest absolute Gasteiger partial charge is 0.309 e. The van der Waals surface area contributed by atoms with E-state index in [4.69, 9.17) is 0 Å². The molecule has 0 aliphatic carbocycles. The van der Waals surface area contributed by atoms with Crippen LogP contribution in [-0.2, 0) is 0 Å². The van der Waals surface area contributed by atoms with Crippen LogP contribution >= 0.6 is 0 Å². The zero-order valence-electron chi connectivity index (χ0n) is 41.7. The fraction of sp³-hybridized carbons (Fsp3) is 0. The number of aromatic nitrogens is 1. The lowest BCUT2D eigenvalue weighted by molar-refractivity contribution is 1.18. The predicted octanol–water partition coefficient (Wildman–Crippen LogP) is 16.8. The first kappa shape index (κ1) is 43.9. The number of hydrogen-bond donors (Lipinski definition) is 0. The molecule has 0 saturated carbocycles. The molecule has 15 rings (SSSR count). The van der Waals surface area contributed by atoms with Gasteiger partial charge in [0.15, 0.2) is 8.07 Å². The SMILES string of the molecule is c1ccc(-c2ccc3c(c2)[Si](c2ccccc2)(c2ccccc2)c2cc(-n4c5ccc(-c6ccc(-c7cccc8ccccc78)cc6)cc5c5cc(-c6ccc(-c7cccc8ccccc78)cc6)ccc54)ccc2-3)cc1. The minimum atomic E-state index is -2.88. The van der Waals surface area contributed by atoms with Gasteiger partial charge >= 0.3 is 0 Å². The summed E-state index contributed by atoms with van der Waals surface area (Å²) in [5.41, 5.74) is 18.4. The van der Waals surface area contributed by atoms with E-state index in [0.717, 1.165) is 5.69 Å². The molecule has 2 heteroatoms. The average molecular weight is 980 g/mol. The standard InChI is InChI=1S/C74H49NSi/c1-4-16-50(17-5-1)59-38-42-67-68-43-41-60(49-74(68)76(73(67)48-59,61-22-6-2-7-23-61)62-24-8-3-9-25-62)75-71-44-39-57(51-30-34-55(35-31-51)65-28-14-20-53-18-10-12-26-63(53)65)46-69(71)70-47-58(40-45-72(70)75)52-32-36-56(37-33-52)66-29-15-21-54-19-11-13-27-64(54)66/h1-49H. The Morgan fingerprint density at radius 3 is 1.13 bits per heavy atom. The van der Waals surface area contributed by atoms with Crippen molar-refractivity contribution in [2.24, 2.45) is 0 Å². The van der Waals surface area contributed by atoms with Crippen LogP contribution in [0.5, 0.6) is 0 Å². The molecule has 0 bridgehead atoms. The molecule has 0 N–H and O–H groups in total. The molecular weight excluding hydrogens is 931 g/mol. The Balaban J connectivity index is 0.919. The van der Waals surface area contributed by atoms with E-state index in [-0.39, 0.29) is 0 Å². The topological polar surface area (TPSA) is 4.93 Å². The molecule has 0 spiro atoms. The van der Waals surface area contributed by atoms with Gasteiger partial charge in [-0.25, -0.2) is 0 Å². The van der Waals surface area contributed by atoms with Gasteiger partial charge in [0, 0.05) is 16.5 Å². The van der Waals surface area contributed by atoms with Crippen LogP contribution in [0.15, 0.2) is 297 Å². The number of rotatable bonds is 8. The summed E-state index contributed by atoms with van der Waals surface area (Å²) in [5.74, 6) is 0. The lowest BCUT2D eigenvalue weighted by atomic mass is 9.95. The van der Waals surface area contributed by atoms with Gasteiger partial charge in [0.25, 0.3) is 0 Å². The van der Waals surface area contributed by atoms with Gasteiger partial charge in [-0.2, -0.15) is 0 Å². The maximum Gasteiger partial charge on any atom is 0.180 e. The van der Waals surface area contributed by atoms with E-state index in [9.17, 15) is 0 Å². The lowest BCUT2D eigenvalue weighted by Gasteiger charge is -2.32. The highest BCUT2D eigenvalue weighted by atomic mass is 28.3. The van der Waals surface area contributed by atoms with Crippen molar-refractivity contribution in [3.05, 3.63) is 297 Å². The van der Waals surface area contributed by atoms with Crippen molar-refractivity contribution in [2.75, 3.05) is 0 Å². The first-order valence-corrected chi connectivity index (χ1v) is 28.4.